The molecule has 5 atom stereocenters. The van der Waals surface area contributed by atoms with Gasteiger partial charge in [0.25, 0.3) is 12.3 Å². The zero-order valence-electron chi connectivity index (χ0n) is 44.2. The van der Waals surface area contributed by atoms with Gasteiger partial charge in [-0.3, -0.25) is 28.9 Å². The molecule has 3 N–H and O–H groups in total. The number of likely N-dealkylation sites (tertiary alicyclic amines) is 1. The Balaban J connectivity index is 0.702. The molecular formula is C59H59F7N10O5. The van der Waals surface area contributed by atoms with Gasteiger partial charge in [-0.25, -0.2) is 31.5 Å². The number of allylic oxidation sites excluding steroid dienone is 2. The molecule has 2 bridgehead atoms. The maximum atomic E-state index is 15.4. The van der Waals surface area contributed by atoms with Crippen molar-refractivity contribution in [2.24, 2.45) is 17.8 Å². The number of rotatable bonds is 21. The minimum Gasteiger partial charge on any atom is -0.461 e. The van der Waals surface area contributed by atoms with Gasteiger partial charge in [0.1, 0.15) is 36.1 Å². The number of benzene rings is 2. The fraction of sp³-hybridized carbons (Fsp3) is 0.424. The summed E-state index contributed by atoms with van der Waals surface area (Å²) < 4.78 is 109. The van der Waals surface area contributed by atoms with Crippen LogP contribution in [-0.4, -0.2) is 77.9 Å². The van der Waals surface area contributed by atoms with Crippen molar-refractivity contribution < 1.29 is 54.6 Å². The zero-order chi connectivity index (χ0) is 56.7. The minimum atomic E-state index is -3.46. The topological polar surface area (TPSA) is 178 Å². The third kappa shape index (κ3) is 11.8. The number of ether oxygens (including phenoxy) is 1. The van der Waals surface area contributed by atoms with Crippen LogP contribution in [0.2, 0.25) is 0 Å². The average molecular weight is 1120 g/mol. The van der Waals surface area contributed by atoms with E-state index in [0.717, 1.165) is 36.2 Å². The lowest BCUT2D eigenvalue weighted by molar-refractivity contribution is -0.123. The lowest BCUT2D eigenvalue weighted by Gasteiger charge is -2.41. The standard InChI is InChI=1S/C59H59F7N10O5/c1-32(60)7-2-3-10-46(45-9-4-5-17-67-45)70-48(77)30-75-54-37-21-34(22-37)25-43(54)52(72-75)57(79)81-20-16-33-15-19-74(29-33)58(80)69-40-13-11-36(12-14-40)41-8-6-18-68-51(41)47(26-35-23-38(61)27-39(62)24-35)71-49(78)31-76-55-50(53(73-76)56(63)64)42-28-44(42)59(55,65)66/h4-9,11-14,17-18,23-24,27,33-34,37,42,44,46-47,56H,2-3,10,15-16,19-22,25-26,28-31H2,1H3,(H,69,80)(H,70,77)(H,71,78)/b32-7+/t33?,34?,37?,42?,44?,46-,47-/m0/s1. The number of carbonyl (C=O) groups excluding carboxylic acids is 4. The van der Waals surface area contributed by atoms with E-state index >= 15 is 8.78 Å². The Labute approximate surface area is 461 Å². The van der Waals surface area contributed by atoms with Gasteiger partial charge in [-0.2, -0.15) is 19.0 Å². The molecule has 6 aromatic rings. The summed E-state index contributed by atoms with van der Waals surface area (Å²) in [5.41, 5.74) is 2.85. The Hall–Kier alpha value is -7.91. The molecule has 2 aromatic carbocycles. The van der Waals surface area contributed by atoms with E-state index in [1.54, 1.807) is 58.2 Å². The molecule has 6 aliphatic rings. The summed E-state index contributed by atoms with van der Waals surface area (Å²) in [6.45, 7) is 1.45. The number of nitrogens with one attached hydrogen (secondary N) is 3. The highest BCUT2D eigenvalue weighted by Gasteiger charge is 2.67. The molecule has 424 valence electrons. The Kier molecular flexibility index (Phi) is 15.6. The Bertz CT molecular complexity index is 3360. The monoisotopic (exact) mass is 1120 g/mol. The second kappa shape index (κ2) is 22.9. The molecule has 12 rings (SSSR count). The van der Waals surface area contributed by atoms with Crippen LogP contribution in [0.5, 0.6) is 0 Å². The molecule has 1 aliphatic heterocycles. The molecule has 81 heavy (non-hydrogen) atoms. The number of halogens is 7. The molecule has 2 saturated carbocycles. The van der Waals surface area contributed by atoms with Gasteiger partial charge in [-0.05, 0) is 142 Å². The van der Waals surface area contributed by atoms with Gasteiger partial charge in [-0.15, -0.1) is 0 Å². The number of fused-ring (bicyclic) bond motifs is 3. The number of hydrogen-bond donors (Lipinski definition) is 3. The summed E-state index contributed by atoms with van der Waals surface area (Å²) in [5.74, 6) is -8.39. The van der Waals surface area contributed by atoms with Gasteiger partial charge in [0.05, 0.1) is 35.9 Å². The number of pyridine rings is 2. The van der Waals surface area contributed by atoms with Crippen LogP contribution in [0.4, 0.5) is 41.2 Å². The van der Waals surface area contributed by atoms with Crippen LogP contribution >= 0.6 is 0 Å². The zero-order valence-corrected chi connectivity index (χ0v) is 44.2. The normalized spacial score (nSPS) is 20.9. The van der Waals surface area contributed by atoms with E-state index in [9.17, 15) is 41.1 Å². The van der Waals surface area contributed by atoms with Crippen LogP contribution in [0.3, 0.4) is 0 Å². The fourth-order valence-corrected chi connectivity index (χ4v) is 12.4. The predicted octanol–water partition coefficient (Wildman–Crippen LogP) is 11.1. The molecule has 0 radical (unpaired) electrons. The molecular weight excluding hydrogens is 1060 g/mol. The van der Waals surface area contributed by atoms with Crippen molar-refractivity contribution in [1.82, 2.24) is 45.1 Å². The van der Waals surface area contributed by atoms with Crippen LogP contribution in [-0.2, 0) is 46.2 Å². The first kappa shape index (κ1) is 55.0. The van der Waals surface area contributed by atoms with Crippen molar-refractivity contribution in [1.29, 1.82) is 0 Å². The van der Waals surface area contributed by atoms with Crippen molar-refractivity contribution >= 4 is 29.5 Å². The van der Waals surface area contributed by atoms with Crippen LogP contribution in [0.15, 0.2) is 97.1 Å². The van der Waals surface area contributed by atoms with Crippen LogP contribution in [0, 0.1) is 29.4 Å². The van der Waals surface area contributed by atoms with Crippen molar-refractivity contribution in [3.63, 3.8) is 0 Å². The van der Waals surface area contributed by atoms with Gasteiger partial charge < -0.3 is 25.6 Å². The van der Waals surface area contributed by atoms with E-state index < -0.39 is 77.7 Å². The van der Waals surface area contributed by atoms with E-state index in [1.807, 2.05) is 12.1 Å². The van der Waals surface area contributed by atoms with E-state index in [1.165, 1.54) is 19.2 Å². The first-order valence-corrected chi connectivity index (χ1v) is 27.4. The van der Waals surface area contributed by atoms with E-state index in [2.05, 4.69) is 36.1 Å². The first-order valence-electron chi connectivity index (χ1n) is 27.4. The summed E-state index contributed by atoms with van der Waals surface area (Å²) in [6.07, 6.45) is 6.85. The first-order chi connectivity index (χ1) is 39.0. The number of nitrogens with zero attached hydrogens (tertiary/aromatic N) is 7. The van der Waals surface area contributed by atoms with Crippen molar-refractivity contribution in [2.75, 3.05) is 25.0 Å². The largest absolute Gasteiger partial charge is 0.461 e. The molecule has 15 nitrogen and oxygen atoms in total. The third-order valence-corrected chi connectivity index (χ3v) is 16.3. The van der Waals surface area contributed by atoms with Gasteiger partial charge >= 0.3 is 12.0 Å². The Morgan fingerprint density at radius 3 is 2.33 bits per heavy atom. The highest BCUT2D eigenvalue weighted by molar-refractivity contribution is 5.90. The van der Waals surface area contributed by atoms with Gasteiger partial charge in [-0.1, -0.05) is 30.3 Å². The molecule has 4 aromatic heterocycles. The molecule has 5 aliphatic carbocycles. The second-order valence-corrected chi connectivity index (χ2v) is 22.0. The number of esters is 1. The predicted molar refractivity (Wildman–Crippen MR) is 281 cm³/mol. The SMILES string of the molecule is C/C(F)=C\CCC[C@H](NC(=O)Cn1nc(C(=O)OCCC2CCN(C(=O)Nc3ccc(-c4cccnc4[C@H](Cc4cc(F)cc(F)c4)NC(=O)Cn4nc(C(F)F)c5c4C(F)(F)C4CC54)cc3)C2)c2c1C1CC(C2)C1)c1ccccn1. The van der Waals surface area contributed by atoms with Crippen LogP contribution in [0.25, 0.3) is 11.1 Å². The highest BCUT2D eigenvalue weighted by atomic mass is 19.3. The molecule has 3 fully saturated rings. The van der Waals surface area contributed by atoms with Crippen LogP contribution < -0.4 is 16.0 Å². The number of hydrogen-bond acceptors (Lipinski definition) is 9. The fourth-order valence-electron chi connectivity index (χ4n) is 12.4. The highest BCUT2D eigenvalue weighted by Crippen LogP contribution is 2.68. The maximum absolute atomic E-state index is 15.4. The number of alkyl halides is 4. The number of unbranched alkanes of at least 4 members (excludes halogenated alkanes) is 1. The van der Waals surface area contributed by atoms with E-state index in [-0.39, 0.29) is 78.1 Å². The summed E-state index contributed by atoms with van der Waals surface area (Å²) in [7, 11) is 0. The van der Waals surface area contributed by atoms with Crippen molar-refractivity contribution in [3.05, 3.63) is 160 Å². The third-order valence-electron chi connectivity index (χ3n) is 16.3. The number of aromatic nitrogens is 6. The average Bonchev–Trinajstić information content (AvgIpc) is 1.83. The maximum Gasteiger partial charge on any atom is 0.359 e. The lowest BCUT2D eigenvalue weighted by Crippen LogP contribution is -2.35. The number of amides is 4. The molecule has 3 unspecified atom stereocenters. The summed E-state index contributed by atoms with van der Waals surface area (Å²) >= 11 is 0. The smallest absolute Gasteiger partial charge is 0.359 e. The molecule has 22 heteroatoms. The Morgan fingerprint density at radius 2 is 1.60 bits per heavy atom. The van der Waals surface area contributed by atoms with Gasteiger partial charge in [0.15, 0.2) is 5.69 Å². The minimum absolute atomic E-state index is 0.0427. The Morgan fingerprint density at radius 1 is 0.864 bits per heavy atom. The van der Waals surface area contributed by atoms with Gasteiger partial charge in [0, 0.05) is 71.5 Å². The van der Waals surface area contributed by atoms with Crippen LogP contribution in [0.1, 0.15) is 144 Å². The summed E-state index contributed by atoms with van der Waals surface area (Å²) in [5, 5.41) is 17.2. The lowest BCUT2D eigenvalue weighted by atomic mass is 9.64. The quantitative estimate of drug-likeness (QED) is 0.0359. The van der Waals surface area contributed by atoms with Crippen molar-refractivity contribution in [3.8, 4) is 11.1 Å². The van der Waals surface area contributed by atoms with Gasteiger partial charge in [0.2, 0.25) is 11.8 Å². The molecule has 0 spiro atoms. The molecule has 4 amide bonds. The number of carbonyl (C=O) groups is 4. The summed E-state index contributed by atoms with van der Waals surface area (Å²) in [4.78, 5) is 65.3. The van der Waals surface area contributed by atoms with E-state index in [0.29, 0.717) is 90.8 Å². The molecule has 1 saturated heterocycles. The second-order valence-electron chi connectivity index (χ2n) is 22.0. The summed E-state index contributed by atoms with van der Waals surface area (Å²) in [6, 6.07) is 16.6. The van der Waals surface area contributed by atoms with Crippen molar-refractivity contribution in [2.45, 2.75) is 120 Å². The van der Waals surface area contributed by atoms with E-state index in [4.69, 9.17) is 4.74 Å². The molecule has 5 heterocycles. The number of anilines is 1. The number of urea groups is 1.